The summed E-state index contributed by atoms with van der Waals surface area (Å²) in [5, 5.41) is 9.59. The van der Waals surface area contributed by atoms with Gasteiger partial charge in [0.05, 0.1) is 12.7 Å². The third kappa shape index (κ3) is 6.16. The molecule has 0 aliphatic carbocycles. The van der Waals surface area contributed by atoms with Gasteiger partial charge in [-0.25, -0.2) is 0 Å². The van der Waals surface area contributed by atoms with E-state index in [4.69, 9.17) is 4.74 Å². The molecule has 1 N–H and O–H groups in total. The first kappa shape index (κ1) is 16.5. The van der Waals surface area contributed by atoms with E-state index in [9.17, 15) is 5.11 Å². The maximum Gasteiger partial charge on any atom is 0.0541 e. The van der Waals surface area contributed by atoms with E-state index in [2.05, 4.69) is 29.2 Å². The summed E-state index contributed by atoms with van der Waals surface area (Å²) in [5.74, 6) is 0.503. The second-order valence-corrected chi connectivity index (χ2v) is 6.12. The average molecular weight is 291 g/mol. The van der Waals surface area contributed by atoms with Gasteiger partial charge in [-0.3, -0.25) is 0 Å². The Morgan fingerprint density at radius 2 is 1.90 bits per heavy atom. The van der Waals surface area contributed by atoms with Gasteiger partial charge in [-0.15, -0.1) is 0 Å². The van der Waals surface area contributed by atoms with Crippen molar-refractivity contribution in [3.8, 4) is 0 Å². The van der Waals surface area contributed by atoms with E-state index in [1.807, 2.05) is 13.0 Å². The Balaban J connectivity index is 1.47. The van der Waals surface area contributed by atoms with E-state index in [-0.39, 0.29) is 6.10 Å². The Kier molecular flexibility index (Phi) is 7.20. The van der Waals surface area contributed by atoms with Gasteiger partial charge >= 0.3 is 0 Å². The van der Waals surface area contributed by atoms with Gasteiger partial charge in [0.1, 0.15) is 0 Å². The number of rotatable bonds is 8. The first-order valence-corrected chi connectivity index (χ1v) is 8.28. The molecule has 1 atom stereocenters. The molecule has 1 saturated heterocycles. The second-order valence-electron chi connectivity index (χ2n) is 6.12. The van der Waals surface area contributed by atoms with Gasteiger partial charge in [-0.1, -0.05) is 30.3 Å². The summed E-state index contributed by atoms with van der Waals surface area (Å²) in [6.07, 6.45) is 4.22. The number of nitrogens with zero attached hydrogens (tertiary/aromatic N) is 1. The predicted octanol–water partition coefficient (Wildman–Crippen LogP) is 2.73. The Morgan fingerprint density at radius 3 is 2.57 bits per heavy atom. The van der Waals surface area contributed by atoms with Crippen molar-refractivity contribution in [1.29, 1.82) is 0 Å². The summed E-state index contributed by atoms with van der Waals surface area (Å²) in [5.41, 5.74) is 1.35. The molecular formula is C18H29NO2. The average Bonchev–Trinajstić information content (AvgIpc) is 2.52. The minimum atomic E-state index is -0.145. The van der Waals surface area contributed by atoms with Crippen LogP contribution >= 0.6 is 0 Å². The molecule has 1 unspecified atom stereocenters. The smallest absolute Gasteiger partial charge is 0.0541 e. The molecule has 0 saturated carbocycles. The molecule has 0 aromatic heterocycles. The minimum Gasteiger partial charge on any atom is -0.393 e. The van der Waals surface area contributed by atoms with Gasteiger partial charge in [0.25, 0.3) is 0 Å². The van der Waals surface area contributed by atoms with Crippen molar-refractivity contribution >= 4 is 0 Å². The highest BCUT2D eigenvalue weighted by atomic mass is 16.5. The van der Waals surface area contributed by atoms with Crippen molar-refractivity contribution in [2.75, 3.05) is 32.8 Å². The van der Waals surface area contributed by atoms with E-state index in [1.165, 1.54) is 5.56 Å². The number of ether oxygens (including phenoxy) is 1. The Labute approximate surface area is 128 Å². The topological polar surface area (TPSA) is 32.7 Å². The van der Waals surface area contributed by atoms with Crippen molar-refractivity contribution in [3.63, 3.8) is 0 Å². The molecule has 0 spiro atoms. The maximum atomic E-state index is 9.59. The molecule has 1 aromatic carbocycles. The maximum absolute atomic E-state index is 9.59. The van der Waals surface area contributed by atoms with E-state index < -0.39 is 0 Å². The number of aliphatic hydroxyl groups excluding tert-OH is 1. The Hall–Kier alpha value is -0.900. The van der Waals surface area contributed by atoms with Crippen LogP contribution in [-0.2, 0) is 11.2 Å². The summed E-state index contributed by atoms with van der Waals surface area (Å²) < 4.78 is 5.72. The van der Waals surface area contributed by atoms with Crippen molar-refractivity contribution in [3.05, 3.63) is 35.9 Å². The fraction of sp³-hybridized carbons (Fsp3) is 0.667. The summed E-state index contributed by atoms with van der Waals surface area (Å²) in [7, 11) is 0. The summed E-state index contributed by atoms with van der Waals surface area (Å²) in [6, 6.07) is 10.5. The van der Waals surface area contributed by atoms with Crippen LogP contribution in [0.4, 0.5) is 0 Å². The van der Waals surface area contributed by atoms with Crippen molar-refractivity contribution in [2.45, 2.75) is 38.7 Å². The zero-order valence-corrected chi connectivity index (χ0v) is 13.2. The third-order valence-electron chi connectivity index (χ3n) is 4.46. The molecule has 21 heavy (non-hydrogen) atoms. The van der Waals surface area contributed by atoms with Crippen LogP contribution in [-0.4, -0.2) is 49.0 Å². The molecule has 3 heteroatoms. The fourth-order valence-corrected chi connectivity index (χ4v) is 2.99. The molecule has 2 rings (SSSR count). The quantitative estimate of drug-likeness (QED) is 0.748. The number of benzene rings is 1. The molecule has 1 heterocycles. The van der Waals surface area contributed by atoms with Gasteiger partial charge in [-0.2, -0.15) is 0 Å². The van der Waals surface area contributed by atoms with Crippen LogP contribution in [0, 0.1) is 5.92 Å². The first-order valence-electron chi connectivity index (χ1n) is 8.28. The molecule has 1 aliphatic rings. The summed E-state index contributed by atoms with van der Waals surface area (Å²) in [6.45, 7) is 6.95. The van der Waals surface area contributed by atoms with Gasteiger partial charge in [0, 0.05) is 13.2 Å². The molecular weight excluding hydrogens is 262 g/mol. The number of piperidine rings is 1. The highest BCUT2D eigenvalue weighted by Gasteiger charge is 2.21. The number of hydrogen-bond donors (Lipinski definition) is 1. The Bertz CT molecular complexity index is 372. The van der Waals surface area contributed by atoms with Crippen LogP contribution in [0.5, 0.6) is 0 Å². The highest BCUT2D eigenvalue weighted by Crippen LogP contribution is 2.20. The van der Waals surface area contributed by atoms with Crippen LogP contribution in [0.15, 0.2) is 30.3 Å². The molecule has 118 valence electrons. The lowest BCUT2D eigenvalue weighted by atomic mass is 9.92. The molecule has 0 radical (unpaired) electrons. The largest absolute Gasteiger partial charge is 0.393 e. The van der Waals surface area contributed by atoms with E-state index >= 15 is 0 Å². The van der Waals surface area contributed by atoms with Crippen molar-refractivity contribution in [1.82, 2.24) is 4.90 Å². The van der Waals surface area contributed by atoms with Gasteiger partial charge < -0.3 is 14.7 Å². The van der Waals surface area contributed by atoms with E-state index in [1.54, 1.807) is 0 Å². The fourth-order valence-electron chi connectivity index (χ4n) is 2.99. The normalized spacial score (nSPS) is 18.8. The van der Waals surface area contributed by atoms with Crippen LogP contribution < -0.4 is 0 Å². The lowest BCUT2D eigenvalue weighted by Gasteiger charge is -2.33. The van der Waals surface area contributed by atoms with Crippen LogP contribution in [0.3, 0.4) is 0 Å². The SMILES string of the molecule is CC(O)C1CCN(CCCOCCc2ccccc2)CC1. The second kappa shape index (κ2) is 9.19. The Morgan fingerprint density at radius 1 is 1.19 bits per heavy atom. The molecule has 1 fully saturated rings. The number of likely N-dealkylation sites (tertiary alicyclic amines) is 1. The number of hydrogen-bond acceptors (Lipinski definition) is 3. The number of aliphatic hydroxyl groups is 1. The van der Waals surface area contributed by atoms with Crippen molar-refractivity contribution < 1.29 is 9.84 Å². The molecule has 0 bridgehead atoms. The van der Waals surface area contributed by atoms with Crippen molar-refractivity contribution in [2.24, 2.45) is 5.92 Å². The van der Waals surface area contributed by atoms with Gasteiger partial charge in [0.15, 0.2) is 0 Å². The van der Waals surface area contributed by atoms with E-state index in [0.717, 1.165) is 58.5 Å². The molecule has 0 amide bonds. The van der Waals surface area contributed by atoms with Crippen LogP contribution in [0.1, 0.15) is 31.7 Å². The lowest BCUT2D eigenvalue weighted by molar-refractivity contribution is 0.0654. The van der Waals surface area contributed by atoms with Gasteiger partial charge in [-0.05, 0) is 57.2 Å². The molecule has 1 aliphatic heterocycles. The summed E-state index contributed by atoms with van der Waals surface area (Å²) in [4.78, 5) is 2.50. The molecule has 1 aromatic rings. The first-order chi connectivity index (χ1) is 10.3. The highest BCUT2D eigenvalue weighted by molar-refractivity contribution is 5.14. The van der Waals surface area contributed by atoms with Crippen LogP contribution in [0.2, 0.25) is 0 Å². The minimum absolute atomic E-state index is 0.145. The molecule has 3 nitrogen and oxygen atoms in total. The zero-order chi connectivity index (χ0) is 14.9. The van der Waals surface area contributed by atoms with Crippen LogP contribution in [0.25, 0.3) is 0 Å². The lowest BCUT2D eigenvalue weighted by Crippen LogP contribution is -2.37. The predicted molar refractivity (Wildman–Crippen MR) is 86.4 cm³/mol. The van der Waals surface area contributed by atoms with Gasteiger partial charge in [0.2, 0.25) is 0 Å². The third-order valence-corrected chi connectivity index (χ3v) is 4.46. The zero-order valence-electron chi connectivity index (χ0n) is 13.2. The monoisotopic (exact) mass is 291 g/mol. The van der Waals surface area contributed by atoms with E-state index in [0.29, 0.717) is 5.92 Å². The standard InChI is InChI=1S/C18H29NO2/c1-16(20)18-8-12-19(13-9-18)11-5-14-21-15-10-17-6-3-2-4-7-17/h2-4,6-7,16,18,20H,5,8-15H2,1H3. The summed E-state index contributed by atoms with van der Waals surface area (Å²) >= 11 is 0.